The highest BCUT2D eigenvalue weighted by Gasteiger charge is 2.64. The molecule has 0 spiro atoms. The van der Waals surface area contributed by atoms with Crippen molar-refractivity contribution >= 4 is 33.2 Å². The number of benzene rings is 1. The number of halogens is 1. The predicted octanol–water partition coefficient (Wildman–Crippen LogP) is 6.06. The Morgan fingerprint density at radius 2 is 1.73 bits per heavy atom. The molecular formula is C33H44BrN3O7. The summed E-state index contributed by atoms with van der Waals surface area (Å²) in [5.74, 6) is -2.26. The Labute approximate surface area is 267 Å². The summed E-state index contributed by atoms with van der Waals surface area (Å²) in [6.07, 6.45) is 4.10. The van der Waals surface area contributed by atoms with Gasteiger partial charge in [-0.3, -0.25) is 14.5 Å². The average Bonchev–Trinajstić information content (AvgIpc) is 3.40. The number of Topliss-reactive ketones (excluding diaryl/α,β-unsaturated/α-hetero) is 2. The van der Waals surface area contributed by atoms with Crippen molar-refractivity contribution in [3.63, 3.8) is 0 Å². The van der Waals surface area contributed by atoms with Crippen molar-refractivity contribution in [3.8, 4) is 11.6 Å². The molecule has 0 fully saturated rings. The summed E-state index contributed by atoms with van der Waals surface area (Å²) in [5, 5.41) is 28.3. The number of aliphatic hydroxyl groups excluding tert-OH is 1. The first-order chi connectivity index (χ1) is 21.1. The first-order valence-corrected chi connectivity index (χ1v) is 16.6. The minimum Gasteiger partial charge on any atom is -0.508 e. The van der Waals surface area contributed by atoms with Gasteiger partial charge in [-0.1, -0.05) is 26.7 Å². The molecule has 4 atom stereocenters. The molecule has 11 heteroatoms. The van der Waals surface area contributed by atoms with Crippen molar-refractivity contribution in [2.45, 2.75) is 77.9 Å². The molecular weight excluding hydrogens is 630 g/mol. The van der Waals surface area contributed by atoms with Gasteiger partial charge in [0.2, 0.25) is 5.78 Å². The number of carbonyl (C=O) groups excluding carboxylic acids is 2. The summed E-state index contributed by atoms with van der Waals surface area (Å²) in [5.41, 5.74) is -0.103. The smallest absolute Gasteiger partial charge is 0.265 e. The van der Waals surface area contributed by atoms with Crippen molar-refractivity contribution in [1.29, 1.82) is 0 Å². The van der Waals surface area contributed by atoms with Crippen LogP contribution in [-0.2, 0) is 6.42 Å². The molecule has 3 aliphatic rings. The Bertz CT molecular complexity index is 1460. The molecule has 0 bridgehead atoms. The summed E-state index contributed by atoms with van der Waals surface area (Å²) in [6, 6.07) is 1.23. The van der Waals surface area contributed by atoms with E-state index in [9.17, 15) is 19.8 Å². The van der Waals surface area contributed by atoms with Crippen LogP contribution in [0.5, 0.6) is 11.6 Å². The maximum absolute atomic E-state index is 14.5. The number of nitrogens with zero attached hydrogens (tertiary/aromatic N) is 3. The molecule has 3 aliphatic carbocycles. The largest absolute Gasteiger partial charge is 0.508 e. The Kier molecular flexibility index (Phi) is 9.49. The maximum Gasteiger partial charge on any atom is 0.265 e. The highest BCUT2D eigenvalue weighted by atomic mass is 79.9. The van der Waals surface area contributed by atoms with Crippen LogP contribution in [0.3, 0.4) is 0 Å². The zero-order valence-electron chi connectivity index (χ0n) is 26.5. The molecule has 0 saturated heterocycles. The van der Waals surface area contributed by atoms with Gasteiger partial charge in [-0.25, -0.2) is 0 Å². The summed E-state index contributed by atoms with van der Waals surface area (Å²) in [6.45, 7) is 10.5. The Hall–Kier alpha value is -2.89. The molecule has 1 aromatic carbocycles. The molecule has 44 heavy (non-hydrogen) atoms. The van der Waals surface area contributed by atoms with Crippen LogP contribution in [0.15, 0.2) is 26.4 Å². The lowest BCUT2D eigenvalue weighted by molar-refractivity contribution is -0.0559. The lowest BCUT2D eigenvalue weighted by atomic mass is 9.58. The van der Waals surface area contributed by atoms with E-state index < -0.39 is 40.8 Å². The number of carbonyl (C=O) groups is 2. The molecule has 2 N–H and O–H groups in total. The lowest BCUT2D eigenvalue weighted by Gasteiger charge is -2.49. The summed E-state index contributed by atoms with van der Waals surface area (Å²) >= 11 is 3.76. The van der Waals surface area contributed by atoms with E-state index in [0.29, 0.717) is 36.7 Å². The molecule has 240 valence electrons. The van der Waals surface area contributed by atoms with E-state index in [0.717, 1.165) is 54.5 Å². The molecule has 0 radical (unpaired) electrons. The van der Waals surface area contributed by atoms with Gasteiger partial charge in [0.15, 0.2) is 17.1 Å². The summed E-state index contributed by atoms with van der Waals surface area (Å²) in [7, 11) is 3.66. The minimum atomic E-state index is -2.35. The molecule has 0 unspecified atom stereocenters. The third-order valence-electron chi connectivity index (χ3n) is 9.38. The molecule has 10 nitrogen and oxygen atoms in total. The van der Waals surface area contributed by atoms with Crippen molar-refractivity contribution in [2.75, 3.05) is 45.3 Å². The van der Waals surface area contributed by atoms with Gasteiger partial charge < -0.3 is 29.1 Å². The number of ether oxygens (including phenoxy) is 2. The number of anilines is 1. The minimum absolute atomic E-state index is 0.00209. The van der Waals surface area contributed by atoms with Crippen LogP contribution in [0, 0.1) is 11.8 Å². The highest BCUT2D eigenvalue weighted by Crippen LogP contribution is 2.57. The number of unbranched alkanes of at least 4 members (excludes halogenated alkanes) is 2. The summed E-state index contributed by atoms with van der Waals surface area (Å²) < 4.78 is 18.5. The number of allylic oxidation sites excluding steroid dienone is 1. The normalized spacial score (nSPS) is 24.2. The standard InChI is InChI=1S/C33H44BrN3O7/c1-7-11-13-42-22-17-21(34)26(37(9-3)10-4)19-15-18-16-20-27(36(5)6)29-25(32(35-44-29)43-14-12-8-2)31(40)33(20,41)30(39)23(18)28(38)24(19)22/h17-18,20,27,39,41H,7-16H2,1-6H3/t18-,20-,27-,33-/m0/s1. The van der Waals surface area contributed by atoms with Crippen LogP contribution in [0.25, 0.3) is 0 Å². The molecule has 0 saturated carbocycles. The van der Waals surface area contributed by atoms with Gasteiger partial charge in [-0.05, 0) is 92.3 Å². The zero-order chi connectivity index (χ0) is 31.9. The van der Waals surface area contributed by atoms with E-state index in [1.165, 1.54) is 0 Å². The molecule has 5 rings (SSSR count). The van der Waals surface area contributed by atoms with Gasteiger partial charge in [0.25, 0.3) is 5.88 Å². The van der Waals surface area contributed by atoms with E-state index in [1.807, 2.05) is 32.0 Å². The second kappa shape index (κ2) is 12.8. The van der Waals surface area contributed by atoms with Crippen LogP contribution >= 0.6 is 15.9 Å². The van der Waals surface area contributed by atoms with Crippen LogP contribution < -0.4 is 14.4 Å². The van der Waals surface area contributed by atoms with Gasteiger partial charge in [0.05, 0.1) is 30.5 Å². The van der Waals surface area contributed by atoms with Crippen LogP contribution in [0.1, 0.15) is 97.9 Å². The topological polar surface area (TPSA) is 126 Å². The predicted molar refractivity (Wildman–Crippen MR) is 170 cm³/mol. The van der Waals surface area contributed by atoms with Gasteiger partial charge in [0.1, 0.15) is 17.1 Å². The second-order valence-corrected chi connectivity index (χ2v) is 13.1. The van der Waals surface area contributed by atoms with Gasteiger partial charge in [-0.2, -0.15) is 0 Å². The number of aromatic nitrogens is 1. The molecule has 0 amide bonds. The van der Waals surface area contributed by atoms with Crippen molar-refractivity contribution in [2.24, 2.45) is 11.8 Å². The maximum atomic E-state index is 14.5. The first kappa shape index (κ1) is 32.5. The van der Waals surface area contributed by atoms with E-state index >= 15 is 0 Å². The fourth-order valence-corrected chi connectivity index (χ4v) is 7.87. The SMILES string of the molecule is CCCCOc1cc(Br)c(N(CC)CC)c2c1C(=O)C1=C(O)[C@]3(O)C(=O)c4c(OCCCC)noc4[C@@H](N(C)C)[C@@H]3C[C@@H]1C2. The molecule has 1 heterocycles. The number of hydrogen-bond acceptors (Lipinski definition) is 10. The third-order valence-corrected chi connectivity index (χ3v) is 9.98. The fraction of sp³-hybridized carbons (Fsp3) is 0.606. The van der Waals surface area contributed by atoms with Crippen LogP contribution in [0.4, 0.5) is 5.69 Å². The Balaban J connectivity index is 1.68. The summed E-state index contributed by atoms with van der Waals surface area (Å²) in [4.78, 5) is 32.8. The van der Waals surface area contributed by atoms with Gasteiger partial charge in [-0.15, -0.1) is 0 Å². The van der Waals surface area contributed by atoms with Crippen LogP contribution in [0.2, 0.25) is 0 Å². The number of hydrogen-bond donors (Lipinski definition) is 2. The molecule has 1 aromatic heterocycles. The monoisotopic (exact) mass is 673 g/mol. The van der Waals surface area contributed by atoms with E-state index in [-0.39, 0.29) is 23.4 Å². The van der Waals surface area contributed by atoms with E-state index in [1.54, 1.807) is 0 Å². The van der Waals surface area contributed by atoms with Crippen LogP contribution in [-0.4, -0.2) is 77.8 Å². The molecule has 2 aromatic rings. The number of aliphatic hydroxyl groups is 2. The van der Waals surface area contributed by atoms with Crippen molar-refractivity contribution in [3.05, 3.63) is 44.3 Å². The van der Waals surface area contributed by atoms with Crippen molar-refractivity contribution < 1.29 is 33.8 Å². The number of ketones is 2. The van der Waals surface area contributed by atoms with Gasteiger partial charge >= 0.3 is 0 Å². The highest BCUT2D eigenvalue weighted by molar-refractivity contribution is 9.10. The van der Waals surface area contributed by atoms with Gasteiger partial charge in [0, 0.05) is 29.1 Å². The molecule has 0 aliphatic heterocycles. The number of rotatable bonds is 12. The quantitative estimate of drug-likeness (QED) is 0.257. The Morgan fingerprint density at radius 1 is 1.07 bits per heavy atom. The lowest BCUT2D eigenvalue weighted by Crippen LogP contribution is -2.59. The third kappa shape index (κ3) is 5.04. The van der Waals surface area contributed by atoms with E-state index in [4.69, 9.17) is 14.0 Å². The second-order valence-electron chi connectivity index (χ2n) is 12.2. The fourth-order valence-electron chi connectivity index (χ4n) is 7.18. The first-order valence-electron chi connectivity index (χ1n) is 15.8. The zero-order valence-corrected chi connectivity index (χ0v) is 28.1. The average molecular weight is 675 g/mol. The Morgan fingerprint density at radius 3 is 2.34 bits per heavy atom. The van der Waals surface area contributed by atoms with Crippen molar-refractivity contribution in [1.82, 2.24) is 10.1 Å². The van der Waals surface area contributed by atoms with E-state index in [2.05, 4.69) is 46.8 Å². The number of fused-ring (bicyclic) bond motifs is 4.